The van der Waals surface area contributed by atoms with Crippen molar-refractivity contribution in [2.24, 2.45) is 0 Å². The van der Waals surface area contributed by atoms with Crippen LogP contribution in [0.25, 0.3) is 0 Å². The first kappa shape index (κ1) is 13.8. The molecule has 0 bridgehead atoms. The molecule has 1 saturated heterocycles. The van der Waals surface area contributed by atoms with Crippen LogP contribution in [-0.4, -0.2) is 23.9 Å². The Morgan fingerprint density at radius 3 is 2.71 bits per heavy atom. The highest BCUT2D eigenvalue weighted by Crippen LogP contribution is 2.44. The van der Waals surface area contributed by atoms with Crippen molar-refractivity contribution < 1.29 is 9.72 Å². The second-order valence-corrected chi connectivity index (χ2v) is 5.57. The lowest BCUT2D eigenvalue weighted by molar-refractivity contribution is -0.384. The molecule has 1 N–H and O–H groups in total. The van der Waals surface area contributed by atoms with Gasteiger partial charge in [0.05, 0.1) is 10.6 Å². The van der Waals surface area contributed by atoms with Crippen molar-refractivity contribution in [1.29, 1.82) is 0 Å². The summed E-state index contributed by atoms with van der Waals surface area (Å²) >= 11 is 0. The van der Waals surface area contributed by atoms with Gasteiger partial charge in [0.15, 0.2) is 0 Å². The molecule has 0 unspecified atom stereocenters. The van der Waals surface area contributed by atoms with Gasteiger partial charge in [-0.05, 0) is 37.6 Å². The Morgan fingerprint density at radius 1 is 1.38 bits per heavy atom. The lowest BCUT2D eigenvalue weighted by atomic mass is 9.71. The molecule has 1 spiro atoms. The highest BCUT2D eigenvalue weighted by Gasteiger charge is 2.38. The van der Waals surface area contributed by atoms with E-state index in [-0.39, 0.29) is 17.0 Å². The molecular weight excluding hydrogens is 270 g/mol. The molecule has 1 aromatic rings. The van der Waals surface area contributed by atoms with E-state index in [9.17, 15) is 14.9 Å². The molecular formula is C15H17N3O3. The molecule has 0 aliphatic carbocycles. The SMILES string of the molecule is CC(=O)N1C=CC2(CCNCC2)c2ccc([N+](=O)[O-])cc21. The molecule has 0 saturated carbocycles. The maximum absolute atomic E-state index is 11.8. The third kappa shape index (κ3) is 2.21. The molecule has 1 amide bonds. The van der Waals surface area contributed by atoms with Crippen molar-refractivity contribution in [1.82, 2.24) is 5.32 Å². The minimum absolute atomic E-state index is 0.0133. The average Bonchev–Trinajstić information content (AvgIpc) is 2.47. The third-order valence-corrected chi connectivity index (χ3v) is 4.37. The number of rotatable bonds is 1. The van der Waals surface area contributed by atoms with Gasteiger partial charge in [-0.2, -0.15) is 0 Å². The van der Waals surface area contributed by atoms with Gasteiger partial charge in [-0.1, -0.05) is 6.08 Å². The fraction of sp³-hybridized carbons (Fsp3) is 0.400. The van der Waals surface area contributed by atoms with Crippen molar-refractivity contribution in [3.05, 3.63) is 46.2 Å². The Balaban J connectivity index is 2.15. The van der Waals surface area contributed by atoms with Gasteiger partial charge in [0.25, 0.3) is 5.69 Å². The molecule has 6 heteroatoms. The van der Waals surface area contributed by atoms with Gasteiger partial charge in [0.2, 0.25) is 5.91 Å². The Labute approximate surface area is 122 Å². The Hall–Kier alpha value is -2.21. The first-order chi connectivity index (χ1) is 10.0. The van der Waals surface area contributed by atoms with Gasteiger partial charge in [-0.3, -0.25) is 19.8 Å². The summed E-state index contributed by atoms with van der Waals surface area (Å²) in [6.45, 7) is 3.27. The monoisotopic (exact) mass is 287 g/mol. The molecule has 6 nitrogen and oxygen atoms in total. The minimum atomic E-state index is -0.425. The number of non-ortho nitro benzene ring substituents is 1. The van der Waals surface area contributed by atoms with Crippen molar-refractivity contribution >= 4 is 17.3 Å². The number of hydrogen-bond acceptors (Lipinski definition) is 4. The van der Waals surface area contributed by atoms with Crippen LogP contribution in [0, 0.1) is 10.1 Å². The predicted octanol–water partition coefficient (Wildman–Crippen LogP) is 2.10. The van der Waals surface area contributed by atoms with Gasteiger partial charge < -0.3 is 5.32 Å². The lowest BCUT2D eigenvalue weighted by Crippen LogP contribution is -2.42. The van der Waals surface area contributed by atoms with E-state index in [0.29, 0.717) is 5.69 Å². The van der Waals surface area contributed by atoms with Crippen LogP contribution in [0.2, 0.25) is 0 Å². The van der Waals surface area contributed by atoms with E-state index >= 15 is 0 Å². The second kappa shape index (κ2) is 4.96. The summed E-state index contributed by atoms with van der Waals surface area (Å²) in [6.07, 6.45) is 5.70. The zero-order valence-corrected chi connectivity index (χ0v) is 11.8. The second-order valence-electron chi connectivity index (χ2n) is 5.57. The standard InChI is InChI=1S/C15H17N3O3/c1-11(19)17-9-6-15(4-7-16-8-5-15)13-3-2-12(18(20)21)10-14(13)17/h2-3,6,9-10,16H,4-5,7-8H2,1H3. The van der Waals surface area contributed by atoms with Crippen LogP contribution >= 0.6 is 0 Å². The summed E-state index contributed by atoms with van der Waals surface area (Å²) in [5.41, 5.74) is 1.54. The fourth-order valence-corrected chi connectivity index (χ4v) is 3.22. The minimum Gasteiger partial charge on any atom is -0.317 e. The molecule has 2 aliphatic heterocycles. The lowest BCUT2D eigenvalue weighted by Gasteiger charge is -2.41. The van der Waals surface area contributed by atoms with E-state index in [1.165, 1.54) is 24.0 Å². The van der Waals surface area contributed by atoms with E-state index in [1.807, 2.05) is 0 Å². The number of carbonyl (C=O) groups is 1. The van der Waals surface area contributed by atoms with E-state index in [0.717, 1.165) is 31.5 Å². The maximum atomic E-state index is 11.8. The van der Waals surface area contributed by atoms with Crippen LogP contribution in [0.15, 0.2) is 30.5 Å². The number of nitrogens with zero attached hydrogens (tertiary/aromatic N) is 2. The van der Waals surface area contributed by atoms with Crippen molar-refractivity contribution in [3.8, 4) is 0 Å². The molecule has 0 aromatic heterocycles. The van der Waals surface area contributed by atoms with Gasteiger partial charge in [0, 0.05) is 30.7 Å². The summed E-state index contributed by atoms with van der Waals surface area (Å²) in [7, 11) is 0. The number of amides is 1. The molecule has 0 atom stereocenters. The number of allylic oxidation sites excluding steroid dienone is 1. The quantitative estimate of drug-likeness (QED) is 0.634. The number of anilines is 1. The number of fused-ring (bicyclic) bond motifs is 2. The van der Waals surface area contributed by atoms with Crippen molar-refractivity contribution in [2.45, 2.75) is 25.2 Å². The number of hydrogen-bond donors (Lipinski definition) is 1. The fourth-order valence-electron chi connectivity index (χ4n) is 3.22. The van der Waals surface area contributed by atoms with Crippen molar-refractivity contribution in [3.63, 3.8) is 0 Å². The molecule has 110 valence electrons. The van der Waals surface area contributed by atoms with Crippen LogP contribution in [0.3, 0.4) is 0 Å². The molecule has 3 rings (SSSR count). The van der Waals surface area contributed by atoms with Crippen LogP contribution < -0.4 is 10.2 Å². The van der Waals surface area contributed by atoms with Crippen LogP contribution in [0.1, 0.15) is 25.3 Å². The van der Waals surface area contributed by atoms with E-state index in [1.54, 1.807) is 12.3 Å². The van der Waals surface area contributed by atoms with Gasteiger partial charge >= 0.3 is 0 Å². The number of nitrogens with one attached hydrogen (secondary N) is 1. The number of carbonyl (C=O) groups excluding carboxylic acids is 1. The Bertz CT molecular complexity index is 633. The zero-order chi connectivity index (χ0) is 15.0. The number of nitro groups is 1. The summed E-state index contributed by atoms with van der Waals surface area (Å²) in [5.74, 6) is -0.142. The number of nitro benzene ring substituents is 1. The van der Waals surface area contributed by atoms with Gasteiger partial charge in [-0.15, -0.1) is 0 Å². The number of piperidine rings is 1. The molecule has 0 radical (unpaired) electrons. The first-order valence-corrected chi connectivity index (χ1v) is 7.02. The summed E-state index contributed by atoms with van der Waals surface area (Å²) in [4.78, 5) is 23.9. The van der Waals surface area contributed by atoms with Gasteiger partial charge in [0.1, 0.15) is 0 Å². The summed E-state index contributed by atoms with van der Waals surface area (Å²) < 4.78 is 0. The van der Waals surface area contributed by atoms with Gasteiger partial charge in [-0.25, -0.2) is 0 Å². The molecule has 2 aliphatic rings. The first-order valence-electron chi connectivity index (χ1n) is 7.02. The van der Waals surface area contributed by atoms with E-state index in [4.69, 9.17) is 0 Å². The highest BCUT2D eigenvalue weighted by molar-refractivity contribution is 5.95. The zero-order valence-electron chi connectivity index (χ0n) is 11.8. The molecule has 1 fully saturated rings. The molecule has 2 heterocycles. The van der Waals surface area contributed by atoms with E-state index < -0.39 is 4.92 Å². The largest absolute Gasteiger partial charge is 0.317 e. The topological polar surface area (TPSA) is 75.5 Å². The van der Waals surface area contributed by atoms with Crippen LogP contribution in [-0.2, 0) is 10.2 Å². The van der Waals surface area contributed by atoms with Crippen LogP contribution in [0.5, 0.6) is 0 Å². The predicted molar refractivity (Wildman–Crippen MR) is 79.2 cm³/mol. The Kier molecular flexibility index (Phi) is 3.25. The normalized spacial score (nSPS) is 19.4. The maximum Gasteiger partial charge on any atom is 0.271 e. The molecule has 21 heavy (non-hydrogen) atoms. The summed E-state index contributed by atoms with van der Waals surface area (Å²) in [5, 5.41) is 14.3. The van der Waals surface area contributed by atoms with Crippen LogP contribution in [0.4, 0.5) is 11.4 Å². The highest BCUT2D eigenvalue weighted by atomic mass is 16.6. The smallest absolute Gasteiger partial charge is 0.271 e. The number of benzene rings is 1. The van der Waals surface area contributed by atoms with Crippen molar-refractivity contribution in [2.75, 3.05) is 18.0 Å². The third-order valence-electron chi connectivity index (χ3n) is 4.37. The Morgan fingerprint density at radius 2 is 2.10 bits per heavy atom. The average molecular weight is 287 g/mol. The summed E-state index contributed by atoms with van der Waals surface area (Å²) in [6, 6.07) is 4.84. The van der Waals surface area contributed by atoms with E-state index in [2.05, 4.69) is 11.4 Å². The molecule has 1 aromatic carbocycles.